The Kier molecular flexibility index (Phi) is 3.62. The largest absolute Gasteiger partial charge is 0.491 e. The number of ether oxygens (including phenoxy) is 2. The Morgan fingerprint density at radius 2 is 2.38 bits per heavy atom. The van der Waals surface area contributed by atoms with E-state index < -0.39 is 0 Å². The zero-order valence-corrected chi connectivity index (χ0v) is 9.12. The van der Waals surface area contributed by atoms with Gasteiger partial charge in [-0.2, -0.15) is 0 Å². The number of hydrogen-bond donors (Lipinski definition) is 1. The minimum Gasteiger partial charge on any atom is -0.491 e. The van der Waals surface area contributed by atoms with E-state index in [-0.39, 0.29) is 5.82 Å². The predicted octanol–water partition coefficient (Wildman–Crippen LogP) is 2.36. The number of benzene rings is 1. The van der Waals surface area contributed by atoms with Crippen molar-refractivity contribution in [1.29, 1.82) is 0 Å². The van der Waals surface area contributed by atoms with Gasteiger partial charge in [-0.15, -0.1) is 0 Å². The third kappa shape index (κ3) is 2.85. The number of nitrogen functional groups attached to an aromatic ring is 1. The predicted molar refractivity (Wildman–Crippen MR) is 59.9 cm³/mol. The average Bonchev–Trinajstić information content (AvgIpc) is 2.74. The summed E-state index contributed by atoms with van der Waals surface area (Å²) >= 11 is 0. The van der Waals surface area contributed by atoms with Crippen LogP contribution < -0.4 is 10.5 Å². The van der Waals surface area contributed by atoms with Gasteiger partial charge in [0.2, 0.25) is 0 Å². The number of anilines is 1. The normalized spacial score (nSPS) is 19.9. The summed E-state index contributed by atoms with van der Waals surface area (Å²) in [5.74, 6) is 0.198. The summed E-state index contributed by atoms with van der Waals surface area (Å²) < 4.78 is 23.7. The molecule has 1 saturated heterocycles. The highest BCUT2D eigenvalue weighted by atomic mass is 19.1. The summed E-state index contributed by atoms with van der Waals surface area (Å²) in [4.78, 5) is 0. The van der Waals surface area contributed by atoms with Crippen LogP contribution in [0.3, 0.4) is 0 Å². The number of rotatable bonds is 4. The Labute approximate surface area is 94.3 Å². The van der Waals surface area contributed by atoms with Gasteiger partial charge in [-0.1, -0.05) is 0 Å². The van der Waals surface area contributed by atoms with Crippen molar-refractivity contribution in [3.05, 3.63) is 24.0 Å². The molecule has 1 aromatic carbocycles. The van der Waals surface area contributed by atoms with E-state index in [1.165, 1.54) is 12.1 Å². The number of hydrogen-bond acceptors (Lipinski definition) is 3. The summed E-state index contributed by atoms with van der Waals surface area (Å²) in [5.41, 5.74) is 5.96. The van der Waals surface area contributed by atoms with Crippen molar-refractivity contribution in [2.75, 3.05) is 18.9 Å². The number of nitrogens with two attached hydrogens (primary N) is 1. The third-order valence-electron chi connectivity index (χ3n) is 2.69. The summed E-state index contributed by atoms with van der Waals surface area (Å²) in [7, 11) is 0. The highest BCUT2D eigenvalue weighted by molar-refractivity contribution is 5.52. The lowest BCUT2D eigenvalue weighted by Crippen LogP contribution is -2.11. The molecule has 16 heavy (non-hydrogen) atoms. The molecular formula is C12H16FNO2. The average molecular weight is 225 g/mol. The van der Waals surface area contributed by atoms with Crippen LogP contribution in [0.4, 0.5) is 10.1 Å². The molecule has 0 amide bonds. The van der Waals surface area contributed by atoms with E-state index in [0.29, 0.717) is 24.1 Å². The molecule has 0 radical (unpaired) electrons. The summed E-state index contributed by atoms with van der Waals surface area (Å²) in [6.07, 6.45) is 3.39. The zero-order valence-electron chi connectivity index (χ0n) is 9.12. The van der Waals surface area contributed by atoms with Gasteiger partial charge in [-0.05, 0) is 25.0 Å². The quantitative estimate of drug-likeness (QED) is 0.800. The van der Waals surface area contributed by atoms with Crippen molar-refractivity contribution in [3.63, 3.8) is 0 Å². The molecular weight excluding hydrogens is 209 g/mol. The minimum absolute atomic E-state index is 0.307. The Balaban J connectivity index is 1.80. The fraction of sp³-hybridized carbons (Fsp3) is 0.500. The van der Waals surface area contributed by atoms with Crippen molar-refractivity contribution in [3.8, 4) is 5.75 Å². The summed E-state index contributed by atoms with van der Waals surface area (Å²) in [5, 5.41) is 0. The lowest BCUT2D eigenvalue weighted by atomic mass is 10.2. The zero-order chi connectivity index (χ0) is 11.4. The molecule has 2 rings (SSSR count). The molecule has 1 aliphatic rings. The standard InChI is InChI=1S/C12H16FNO2/c13-9-3-4-12(11(14)8-9)16-7-5-10-2-1-6-15-10/h3-4,8,10H,1-2,5-7,14H2. The van der Waals surface area contributed by atoms with E-state index in [1.54, 1.807) is 6.07 Å². The lowest BCUT2D eigenvalue weighted by Gasteiger charge is -2.11. The van der Waals surface area contributed by atoms with Crippen LogP contribution in [0.1, 0.15) is 19.3 Å². The van der Waals surface area contributed by atoms with Crippen molar-refractivity contribution in [2.45, 2.75) is 25.4 Å². The summed E-state index contributed by atoms with van der Waals surface area (Å²) in [6.45, 7) is 1.41. The summed E-state index contributed by atoms with van der Waals surface area (Å²) in [6, 6.07) is 4.17. The second-order valence-corrected chi connectivity index (χ2v) is 3.95. The maximum atomic E-state index is 12.8. The van der Waals surface area contributed by atoms with Crippen LogP contribution in [0.15, 0.2) is 18.2 Å². The molecule has 1 fully saturated rings. The molecule has 1 aromatic rings. The van der Waals surface area contributed by atoms with Crippen LogP contribution in [-0.2, 0) is 4.74 Å². The fourth-order valence-electron chi connectivity index (χ4n) is 1.82. The van der Waals surface area contributed by atoms with Gasteiger partial charge in [0.15, 0.2) is 0 Å². The van der Waals surface area contributed by atoms with Gasteiger partial charge in [0.1, 0.15) is 11.6 Å². The molecule has 0 spiro atoms. The van der Waals surface area contributed by atoms with Gasteiger partial charge in [0, 0.05) is 19.1 Å². The van der Waals surface area contributed by atoms with E-state index in [2.05, 4.69) is 0 Å². The van der Waals surface area contributed by atoms with E-state index in [1.807, 2.05) is 0 Å². The van der Waals surface area contributed by atoms with E-state index in [0.717, 1.165) is 25.9 Å². The monoisotopic (exact) mass is 225 g/mol. The van der Waals surface area contributed by atoms with Gasteiger partial charge in [-0.25, -0.2) is 4.39 Å². The van der Waals surface area contributed by atoms with Gasteiger partial charge >= 0.3 is 0 Å². The fourth-order valence-corrected chi connectivity index (χ4v) is 1.82. The number of halogens is 1. The van der Waals surface area contributed by atoms with Gasteiger partial charge in [0.05, 0.1) is 18.4 Å². The second kappa shape index (κ2) is 5.16. The molecule has 1 aliphatic heterocycles. The maximum Gasteiger partial charge on any atom is 0.142 e. The highest BCUT2D eigenvalue weighted by Gasteiger charge is 2.15. The van der Waals surface area contributed by atoms with Crippen molar-refractivity contribution in [1.82, 2.24) is 0 Å². The minimum atomic E-state index is -0.344. The first kappa shape index (κ1) is 11.2. The van der Waals surface area contributed by atoms with Crippen LogP contribution in [0.5, 0.6) is 5.75 Å². The molecule has 0 saturated carbocycles. The highest BCUT2D eigenvalue weighted by Crippen LogP contribution is 2.23. The van der Waals surface area contributed by atoms with Crippen molar-refractivity contribution < 1.29 is 13.9 Å². The molecule has 1 atom stereocenters. The molecule has 0 aromatic heterocycles. The Bertz CT molecular complexity index is 351. The molecule has 4 heteroatoms. The molecule has 2 N–H and O–H groups in total. The topological polar surface area (TPSA) is 44.5 Å². The van der Waals surface area contributed by atoms with Crippen LogP contribution in [0, 0.1) is 5.82 Å². The molecule has 0 bridgehead atoms. The van der Waals surface area contributed by atoms with E-state index in [9.17, 15) is 4.39 Å². The first-order valence-electron chi connectivity index (χ1n) is 5.55. The first-order valence-corrected chi connectivity index (χ1v) is 5.55. The van der Waals surface area contributed by atoms with Crippen LogP contribution in [-0.4, -0.2) is 19.3 Å². The Hall–Kier alpha value is -1.29. The maximum absolute atomic E-state index is 12.8. The van der Waals surface area contributed by atoms with Crippen molar-refractivity contribution >= 4 is 5.69 Å². The van der Waals surface area contributed by atoms with Crippen LogP contribution in [0.25, 0.3) is 0 Å². The molecule has 1 unspecified atom stereocenters. The molecule has 0 aliphatic carbocycles. The molecule has 3 nitrogen and oxygen atoms in total. The van der Waals surface area contributed by atoms with Crippen LogP contribution in [0.2, 0.25) is 0 Å². The van der Waals surface area contributed by atoms with Crippen molar-refractivity contribution in [2.24, 2.45) is 0 Å². The first-order chi connectivity index (χ1) is 7.75. The lowest BCUT2D eigenvalue weighted by molar-refractivity contribution is 0.0904. The van der Waals surface area contributed by atoms with Gasteiger partial charge in [-0.3, -0.25) is 0 Å². The molecule has 1 heterocycles. The third-order valence-corrected chi connectivity index (χ3v) is 2.69. The van der Waals surface area contributed by atoms with E-state index in [4.69, 9.17) is 15.2 Å². The van der Waals surface area contributed by atoms with Gasteiger partial charge in [0.25, 0.3) is 0 Å². The van der Waals surface area contributed by atoms with Crippen LogP contribution >= 0.6 is 0 Å². The van der Waals surface area contributed by atoms with E-state index >= 15 is 0 Å². The Morgan fingerprint density at radius 3 is 3.06 bits per heavy atom. The SMILES string of the molecule is Nc1cc(F)ccc1OCCC1CCCO1. The smallest absolute Gasteiger partial charge is 0.142 e. The van der Waals surface area contributed by atoms with Gasteiger partial charge < -0.3 is 15.2 Å². The second-order valence-electron chi connectivity index (χ2n) is 3.95. The Morgan fingerprint density at radius 1 is 1.50 bits per heavy atom. The molecule has 88 valence electrons.